The number of hydrogen-bond donors (Lipinski definition) is 3. The Morgan fingerprint density at radius 3 is 1.62 bits per heavy atom. The Labute approximate surface area is 232 Å². The van der Waals surface area contributed by atoms with Gasteiger partial charge in [0, 0.05) is 54.7 Å². The Balaban J connectivity index is 0.000000416. The lowest BCUT2D eigenvalue weighted by atomic mass is 10.2. The quantitative estimate of drug-likeness (QED) is 0.197. The van der Waals surface area contributed by atoms with E-state index in [1.807, 2.05) is 12.1 Å². The zero-order chi connectivity index (χ0) is 29.3. The minimum absolute atomic E-state index is 0.0728. The molecule has 0 aliphatic rings. The lowest BCUT2D eigenvalue weighted by Crippen LogP contribution is -2.43. The lowest BCUT2D eigenvalue weighted by Gasteiger charge is -2.24. The van der Waals surface area contributed by atoms with Gasteiger partial charge in [-0.2, -0.15) is 0 Å². The highest BCUT2D eigenvalue weighted by Crippen LogP contribution is 2.19. The normalized spacial score (nSPS) is 12.4. The number of aryl methyl sites for hydroxylation is 1. The molecule has 0 bridgehead atoms. The van der Waals surface area contributed by atoms with Gasteiger partial charge < -0.3 is 46.6 Å². The second kappa shape index (κ2) is 18.1. The minimum Gasteiger partial charge on any atom is -0.508 e. The Hall–Kier alpha value is -2.34. The van der Waals surface area contributed by atoms with Crippen LogP contribution in [0, 0.1) is 0 Å². The summed E-state index contributed by atoms with van der Waals surface area (Å²) in [5.74, 6) is -0.195. The van der Waals surface area contributed by atoms with Crippen molar-refractivity contribution in [3.63, 3.8) is 0 Å². The molecule has 1 atom stereocenters. The smallest absolute Gasteiger partial charge is 0.500 e. The van der Waals surface area contributed by atoms with Crippen LogP contribution in [0.25, 0.3) is 0 Å². The minimum atomic E-state index is -2.63. The largest absolute Gasteiger partial charge is 0.508 e. The molecule has 0 aromatic heterocycles. The van der Waals surface area contributed by atoms with E-state index in [0.29, 0.717) is 24.4 Å². The predicted molar refractivity (Wildman–Crippen MR) is 149 cm³/mol. The van der Waals surface area contributed by atoms with Gasteiger partial charge in [-0.15, -0.1) is 0 Å². The van der Waals surface area contributed by atoms with Crippen molar-refractivity contribution in [2.24, 2.45) is 0 Å². The third-order valence-electron chi connectivity index (χ3n) is 6.05. The standard InChI is InChI=1S/C15H24O7Si.C11H18O4Si/c1-19-23(20-2,21-3)10-4-5-14(17)11-22-15(18)12-6-8-13(16)9-7-12;1-13-16(14-2,15-3)9-8-10-4-6-11(12)7-5-10/h6-9,14,16-17H,4-5,10-11H2,1-3H3;4-7,12H,8-9H2,1-3H3. The molecule has 3 N–H and O–H groups in total. The summed E-state index contributed by atoms with van der Waals surface area (Å²) < 4.78 is 36.9. The molecule has 2 aromatic carbocycles. The number of carbonyl (C=O) groups excluding carboxylic acids is 1. The van der Waals surface area contributed by atoms with E-state index in [1.165, 1.54) is 45.6 Å². The molecule has 0 saturated heterocycles. The molecule has 0 radical (unpaired) electrons. The van der Waals surface area contributed by atoms with Crippen LogP contribution in [0.1, 0.15) is 28.8 Å². The van der Waals surface area contributed by atoms with E-state index >= 15 is 0 Å². The van der Waals surface area contributed by atoms with Crippen molar-refractivity contribution in [1.82, 2.24) is 0 Å². The van der Waals surface area contributed by atoms with Crippen LogP contribution in [0.5, 0.6) is 11.5 Å². The van der Waals surface area contributed by atoms with Gasteiger partial charge in [-0.3, -0.25) is 0 Å². The molecule has 0 amide bonds. The van der Waals surface area contributed by atoms with E-state index in [2.05, 4.69) is 0 Å². The Morgan fingerprint density at radius 1 is 0.718 bits per heavy atom. The maximum atomic E-state index is 11.8. The molecule has 2 rings (SSSR count). The first-order valence-corrected chi connectivity index (χ1v) is 16.2. The fourth-order valence-corrected chi connectivity index (χ4v) is 7.02. The highest BCUT2D eigenvalue weighted by atomic mass is 28.4. The number of carbonyl (C=O) groups is 1. The van der Waals surface area contributed by atoms with E-state index < -0.39 is 29.7 Å². The van der Waals surface area contributed by atoms with Crippen LogP contribution in [0.3, 0.4) is 0 Å². The first kappa shape index (κ1) is 34.7. The number of aliphatic hydroxyl groups excluding tert-OH is 1. The van der Waals surface area contributed by atoms with E-state index in [0.717, 1.165) is 18.0 Å². The van der Waals surface area contributed by atoms with Gasteiger partial charge in [0.15, 0.2) is 0 Å². The number of aliphatic hydroxyl groups is 1. The molecule has 0 heterocycles. The Kier molecular flexibility index (Phi) is 16.1. The molecule has 0 spiro atoms. The summed E-state index contributed by atoms with van der Waals surface area (Å²) in [6, 6.07) is 14.1. The molecule has 220 valence electrons. The van der Waals surface area contributed by atoms with Gasteiger partial charge in [-0.05, 0) is 61.2 Å². The van der Waals surface area contributed by atoms with Crippen LogP contribution in [0.4, 0.5) is 0 Å². The van der Waals surface area contributed by atoms with Crippen LogP contribution in [0.15, 0.2) is 48.5 Å². The van der Waals surface area contributed by atoms with Crippen molar-refractivity contribution in [2.45, 2.75) is 37.5 Å². The van der Waals surface area contributed by atoms with Crippen LogP contribution in [0.2, 0.25) is 12.1 Å². The molecule has 0 aliphatic heterocycles. The van der Waals surface area contributed by atoms with Crippen molar-refractivity contribution >= 4 is 23.6 Å². The van der Waals surface area contributed by atoms with E-state index in [1.54, 1.807) is 33.5 Å². The zero-order valence-electron chi connectivity index (χ0n) is 23.5. The maximum absolute atomic E-state index is 11.8. The molecule has 0 aliphatic carbocycles. The summed E-state index contributed by atoms with van der Waals surface area (Å²) in [6.45, 7) is -0.0960. The number of phenolic OH excluding ortho intramolecular Hbond substituents is 2. The van der Waals surface area contributed by atoms with Crippen molar-refractivity contribution in [1.29, 1.82) is 0 Å². The molecular formula is C26H42O11Si2. The number of phenols is 2. The maximum Gasteiger partial charge on any atom is 0.500 e. The summed E-state index contributed by atoms with van der Waals surface area (Å²) in [4.78, 5) is 11.8. The first-order valence-electron chi connectivity index (χ1n) is 12.3. The number of rotatable bonds is 16. The molecule has 11 nitrogen and oxygen atoms in total. The summed E-state index contributed by atoms with van der Waals surface area (Å²) in [5, 5.41) is 28.2. The topological polar surface area (TPSA) is 142 Å². The van der Waals surface area contributed by atoms with Gasteiger partial charge in [-0.25, -0.2) is 4.79 Å². The third kappa shape index (κ3) is 12.2. The fraction of sp³-hybridized carbons (Fsp3) is 0.500. The van der Waals surface area contributed by atoms with Crippen LogP contribution in [-0.4, -0.2) is 94.3 Å². The summed E-state index contributed by atoms with van der Waals surface area (Å²) in [7, 11) is 4.33. The average Bonchev–Trinajstić information content (AvgIpc) is 2.97. The summed E-state index contributed by atoms with van der Waals surface area (Å²) in [5.41, 5.74) is 1.44. The van der Waals surface area contributed by atoms with Crippen LogP contribution in [-0.2, 0) is 37.7 Å². The number of hydrogen-bond acceptors (Lipinski definition) is 11. The molecule has 2 aromatic rings. The molecule has 13 heteroatoms. The fourth-order valence-electron chi connectivity index (χ4n) is 3.56. The van der Waals surface area contributed by atoms with Gasteiger partial charge in [0.05, 0.1) is 11.7 Å². The first-order chi connectivity index (χ1) is 18.6. The van der Waals surface area contributed by atoms with Gasteiger partial charge >= 0.3 is 23.6 Å². The molecule has 0 fully saturated rings. The van der Waals surface area contributed by atoms with Gasteiger partial charge in [0.1, 0.15) is 18.1 Å². The van der Waals surface area contributed by atoms with E-state index in [4.69, 9.17) is 41.5 Å². The van der Waals surface area contributed by atoms with Crippen molar-refractivity contribution < 1.29 is 51.4 Å². The summed E-state index contributed by atoms with van der Waals surface area (Å²) >= 11 is 0. The van der Waals surface area contributed by atoms with Crippen molar-refractivity contribution in [2.75, 3.05) is 49.3 Å². The number of ether oxygens (including phenoxy) is 1. The zero-order valence-corrected chi connectivity index (χ0v) is 25.5. The second-order valence-electron chi connectivity index (χ2n) is 8.45. The third-order valence-corrected chi connectivity index (χ3v) is 11.6. The van der Waals surface area contributed by atoms with Crippen molar-refractivity contribution in [3.8, 4) is 11.5 Å². The molecule has 0 saturated carbocycles. The monoisotopic (exact) mass is 586 g/mol. The average molecular weight is 587 g/mol. The second-order valence-corrected chi connectivity index (χ2v) is 14.6. The van der Waals surface area contributed by atoms with Gasteiger partial charge in [-0.1, -0.05) is 12.1 Å². The Bertz CT molecular complexity index is 917. The van der Waals surface area contributed by atoms with Crippen molar-refractivity contribution in [3.05, 3.63) is 59.7 Å². The SMILES string of the molecule is CO[Si](CCCC(O)COC(=O)c1ccc(O)cc1)(OC)OC.CO[Si](CCc1ccc(O)cc1)(OC)OC. The van der Waals surface area contributed by atoms with E-state index in [-0.39, 0.29) is 18.1 Å². The highest BCUT2D eigenvalue weighted by Gasteiger charge is 2.37. The van der Waals surface area contributed by atoms with Crippen LogP contribution >= 0.6 is 0 Å². The predicted octanol–water partition coefficient (Wildman–Crippen LogP) is 3.38. The molecule has 39 heavy (non-hydrogen) atoms. The molecule has 1 unspecified atom stereocenters. The van der Waals surface area contributed by atoms with Gasteiger partial charge in [0.25, 0.3) is 0 Å². The molecular weight excluding hydrogens is 544 g/mol. The van der Waals surface area contributed by atoms with Crippen LogP contribution < -0.4 is 0 Å². The lowest BCUT2D eigenvalue weighted by molar-refractivity contribution is 0.0232. The van der Waals surface area contributed by atoms with E-state index in [9.17, 15) is 9.90 Å². The number of aromatic hydroxyl groups is 2. The number of esters is 1. The summed E-state index contributed by atoms with van der Waals surface area (Å²) in [6.07, 6.45) is 1.10. The highest BCUT2D eigenvalue weighted by molar-refractivity contribution is 6.60. The van der Waals surface area contributed by atoms with Gasteiger partial charge in [0.2, 0.25) is 0 Å². The number of benzene rings is 2. The Morgan fingerprint density at radius 2 is 1.15 bits per heavy atom.